The van der Waals surface area contributed by atoms with Gasteiger partial charge in [-0.1, -0.05) is 24.3 Å². The maximum Gasteiger partial charge on any atom is 0.271 e. The molecule has 0 saturated carbocycles. The van der Waals surface area contributed by atoms with Crippen LogP contribution in [0, 0.1) is 10.1 Å². The van der Waals surface area contributed by atoms with Gasteiger partial charge >= 0.3 is 0 Å². The van der Waals surface area contributed by atoms with Gasteiger partial charge < -0.3 is 9.63 Å². The SMILES string of the molecule is O=[N+]([O-])c1cccc(-c2c([O-])on[n+]2-c2ccccc2)c1. The van der Waals surface area contributed by atoms with E-state index >= 15 is 0 Å². The second-order valence-electron chi connectivity index (χ2n) is 4.26. The van der Waals surface area contributed by atoms with Crippen molar-refractivity contribution in [2.75, 3.05) is 0 Å². The highest BCUT2D eigenvalue weighted by atomic mass is 16.6. The molecule has 3 aromatic rings. The molecule has 0 atom stereocenters. The van der Waals surface area contributed by atoms with Gasteiger partial charge in [0.25, 0.3) is 11.4 Å². The highest BCUT2D eigenvalue weighted by Gasteiger charge is 2.23. The van der Waals surface area contributed by atoms with E-state index in [9.17, 15) is 15.2 Å². The predicted molar refractivity (Wildman–Crippen MR) is 69.6 cm³/mol. The number of non-ortho nitro benzene ring substituents is 1. The molecule has 1 aromatic heterocycles. The fourth-order valence-corrected chi connectivity index (χ4v) is 2.00. The summed E-state index contributed by atoms with van der Waals surface area (Å²) in [6, 6.07) is 14.7. The van der Waals surface area contributed by atoms with Crippen LogP contribution in [0.2, 0.25) is 0 Å². The van der Waals surface area contributed by atoms with Crippen molar-refractivity contribution in [3.05, 3.63) is 64.7 Å². The lowest BCUT2D eigenvalue weighted by Gasteiger charge is -1.98. The minimum absolute atomic E-state index is 0.104. The number of nitro benzene ring substituents is 1. The maximum atomic E-state index is 11.9. The third-order valence-corrected chi connectivity index (χ3v) is 2.94. The van der Waals surface area contributed by atoms with Crippen molar-refractivity contribution in [3.8, 4) is 22.9 Å². The summed E-state index contributed by atoms with van der Waals surface area (Å²) in [4.78, 5) is 10.3. The Labute approximate surface area is 118 Å². The van der Waals surface area contributed by atoms with Gasteiger partial charge in [-0.3, -0.25) is 10.1 Å². The van der Waals surface area contributed by atoms with E-state index < -0.39 is 10.9 Å². The largest absolute Gasteiger partial charge is 0.539 e. The molecule has 3 rings (SSSR count). The number of nitrogens with zero attached hydrogens (tertiary/aromatic N) is 3. The van der Waals surface area contributed by atoms with E-state index in [1.54, 1.807) is 30.3 Å². The van der Waals surface area contributed by atoms with Crippen molar-refractivity contribution >= 4 is 5.69 Å². The zero-order chi connectivity index (χ0) is 14.8. The van der Waals surface area contributed by atoms with Gasteiger partial charge in [-0.15, -0.1) is 0 Å². The van der Waals surface area contributed by atoms with Crippen LogP contribution >= 0.6 is 0 Å². The zero-order valence-corrected chi connectivity index (χ0v) is 10.7. The lowest BCUT2D eigenvalue weighted by molar-refractivity contribution is -0.660. The van der Waals surface area contributed by atoms with E-state index in [4.69, 9.17) is 4.52 Å². The maximum absolute atomic E-state index is 11.9. The summed E-state index contributed by atoms with van der Waals surface area (Å²) in [5.41, 5.74) is 1.04. The molecule has 0 aliphatic heterocycles. The zero-order valence-electron chi connectivity index (χ0n) is 10.7. The molecule has 0 spiro atoms. The molecule has 7 nitrogen and oxygen atoms in total. The molecule has 0 N–H and O–H groups in total. The van der Waals surface area contributed by atoms with Crippen LogP contribution in [0.25, 0.3) is 16.9 Å². The van der Waals surface area contributed by atoms with Crippen molar-refractivity contribution in [1.29, 1.82) is 0 Å². The summed E-state index contributed by atoms with van der Waals surface area (Å²) >= 11 is 0. The molecule has 0 saturated heterocycles. The molecule has 0 radical (unpaired) electrons. The van der Waals surface area contributed by atoms with Gasteiger partial charge in [-0.25, -0.2) is 0 Å². The lowest BCUT2D eigenvalue weighted by atomic mass is 10.1. The molecular weight excluding hydrogens is 274 g/mol. The number of rotatable bonds is 3. The second-order valence-corrected chi connectivity index (χ2v) is 4.26. The van der Waals surface area contributed by atoms with Crippen molar-refractivity contribution in [2.45, 2.75) is 0 Å². The van der Waals surface area contributed by atoms with Crippen molar-refractivity contribution in [3.63, 3.8) is 0 Å². The Morgan fingerprint density at radius 2 is 1.86 bits per heavy atom. The molecule has 0 aliphatic carbocycles. The molecule has 0 amide bonds. The molecule has 0 fully saturated rings. The fraction of sp³-hybridized carbons (Fsp3) is 0. The van der Waals surface area contributed by atoms with Crippen molar-refractivity contribution in [2.24, 2.45) is 0 Å². The Bertz CT molecular complexity index is 799. The number of benzene rings is 2. The van der Waals surface area contributed by atoms with Gasteiger partial charge in [0.15, 0.2) is 5.95 Å². The number of hydrogen-bond donors (Lipinski definition) is 0. The topological polar surface area (TPSA) is 96.1 Å². The van der Waals surface area contributed by atoms with Gasteiger partial charge in [0, 0.05) is 24.3 Å². The van der Waals surface area contributed by atoms with E-state index in [1.807, 2.05) is 6.07 Å². The van der Waals surface area contributed by atoms with Gasteiger partial charge in [0.2, 0.25) is 5.69 Å². The molecule has 2 aromatic carbocycles. The monoisotopic (exact) mass is 283 g/mol. The predicted octanol–water partition coefficient (Wildman–Crippen LogP) is 1.60. The Kier molecular flexibility index (Phi) is 3.07. The van der Waals surface area contributed by atoms with E-state index in [-0.39, 0.29) is 11.4 Å². The number of nitro groups is 1. The van der Waals surface area contributed by atoms with E-state index in [0.29, 0.717) is 11.3 Å². The van der Waals surface area contributed by atoms with Gasteiger partial charge in [0.1, 0.15) is 0 Å². The summed E-state index contributed by atoms with van der Waals surface area (Å²) in [7, 11) is 0. The van der Waals surface area contributed by atoms with E-state index in [2.05, 4.69) is 5.27 Å². The first kappa shape index (κ1) is 12.8. The summed E-state index contributed by atoms with van der Waals surface area (Å²) in [6.45, 7) is 0. The Morgan fingerprint density at radius 1 is 1.10 bits per heavy atom. The molecule has 0 aliphatic rings. The summed E-state index contributed by atoms with van der Waals surface area (Å²) < 4.78 is 6.01. The van der Waals surface area contributed by atoms with Crippen LogP contribution < -0.4 is 9.79 Å². The smallest absolute Gasteiger partial charge is 0.271 e. The van der Waals surface area contributed by atoms with Crippen LogP contribution in [-0.4, -0.2) is 10.2 Å². The highest BCUT2D eigenvalue weighted by Crippen LogP contribution is 2.27. The minimum Gasteiger partial charge on any atom is -0.539 e. The standard InChI is InChI=1S/C14H9N3O4/c18-14-13(10-5-4-8-12(9-10)17(19)20)16(15-21-14)11-6-2-1-3-7-11/h1-9H. The van der Waals surface area contributed by atoms with Crippen LogP contribution in [-0.2, 0) is 0 Å². The lowest BCUT2D eigenvalue weighted by Crippen LogP contribution is -2.34. The summed E-state index contributed by atoms with van der Waals surface area (Å²) in [5.74, 6) is -0.653. The molecule has 104 valence electrons. The number of para-hydroxylation sites is 1. The summed E-state index contributed by atoms with van der Waals surface area (Å²) in [5, 5.41) is 26.4. The molecular formula is C14H9N3O4. The third kappa shape index (κ3) is 2.32. The molecule has 7 heteroatoms. The average molecular weight is 283 g/mol. The van der Waals surface area contributed by atoms with E-state index in [0.717, 1.165) is 0 Å². The fourth-order valence-electron chi connectivity index (χ4n) is 2.00. The quantitative estimate of drug-likeness (QED) is 0.413. The van der Waals surface area contributed by atoms with E-state index in [1.165, 1.54) is 22.9 Å². The molecule has 0 bridgehead atoms. The van der Waals surface area contributed by atoms with Crippen molar-refractivity contribution in [1.82, 2.24) is 5.27 Å². The number of hydrogen-bond acceptors (Lipinski definition) is 5. The van der Waals surface area contributed by atoms with Gasteiger partial charge in [0.05, 0.1) is 15.8 Å². The minimum atomic E-state index is -0.653. The Morgan fingerprint density at radius 3 is 2.57 bits per heavy atom. The molecule has 1 heterocycles. The second kappa shape index (κ2) is 5.04. The van der Waals surface area contributed by atoms with Crippen LogP contribution in [0.4, 0.5) is 5.69 Å². The first-order chi connectivity index (χ1) is 10.2. The van der Waals surface area contributed by atoms with Crippen LogP contribution in [0.5, 0.6) is 5.95 Å². The van der Waals surface area contributed by atoms with Crippen LogP contribution in [0.15, 0.2) is 59.1 Å². The van der Waals surface area contributed by atoms with Crippen molar-refractivity contribution < 1.29 is 19.2 Å². The number of aromatic nitrogens is 2. The van der Waals surface area contributed by atoms with Crippen LogP contribution in [0.1, 0.15) is 0 Å². The normalized spacial score (nSPS) is 10.5. The Balaban J connectivity index is 2.17. The van der Waals surface area contributed by atoms with Gasteiger partial charge in [-0.05, 0) is 10.7 Å². The van der Waals surface area contributed by atoms with Gasteiger partial charge in [-0.2, -0.15) is 0 Å². The average Bonchev–Trinajstić information content (AvgIpc) is 2.90. The molecule has 21 heavy (non-hydrogen) atoms. The molecule has 0 unspecified atom stereocenters. The third-order valence-electron chi connectivity index (χ3n) is 2.94. The summed E-state index contributed by atoms with van der Waals surface area (Å²) in [6.07, 6.45) is 0. The highest BCUT2D eigenvalue weighted by molar-refractivity contribution is 5.63. The first-order valence-corrected chi connectivity index (χ1v) is 6.06. The first-order valence-electron chi connectivity index (χ1n) is 6.06. The van der Waals surface area contributed by atoms with Crippen LogP contribution in [0.3, 0.4) is 0 Å². The Hall–Kier alpha value is -3.22.